The van der Waals surface area contributed by atoms with Crippen LogP contribution in [0.15, 0.2) is 47.4 Å². The van der Waals surface area contributed by atoms with Crippen LogP contribution in [-0.4, -0.2) is 33.5 Å². The second-order valence-corrected chi connectivity index (χ2v) is 8.86. The second kappa shape index (κ2) is 6.56. The molecule has 0 saturated carbocycles. The molecule has 0 bridgehead atoms. The molecule has 2 aliphatic heterocycles. The minimum atomic E-state index is -3.73. The highest BCUT2D eigenvalue weighted by atomic mass is 32.2. The first-order valence-corrected chi connectivity index (χ1v) is 10.5. The Kier molecular flexibility index (Phi) is 4.34. The van der Waals surface area contributed by atoms with Crippen LogP contribution in [0, 0.1) is 0 Å². The van der Waals surface area contributed by atoms with Crippen molar-refractivity contribution in [2.75, 3.05) is 22.3 Å². The number of sulfonamides is 1. The molecule has 6 nitrogen and oxygen atoms in total. The highest BCUT2D eigenvalue weighted by Gasteiger charge is 2.32. The molecule has 7 heteroatoms. The van der Waals surface area contributed by atoms with Crippen LogP contribution in [0.2, 0.25) is 0 Å². The molecular weight excluding hydrogens is 364 g/mol. The van der Waals surface area contributed by atoms with Crippen molar-refractivity contribution in [2.45, 2.75) is 37.7 Å². The summed E-state index contributed by atoms with van der Waals surface area (Å²) in [6.07, 6.45) is 1.51. The Morgan fingerprint density at radius 3 is 2.70 bits per heavy atom. The highest BCUT2D eigenvalue weighted by Crippen LogP contribution is 2.38. The molecule has 4 rings (SSSR count). The number of hydrogen-bond donors (Lipinski definition) is 0. The van der Waals surface area contributed by atoms with E-state index in [1.165, 1.54) is 11.2 Å². The lowest BCUT2D eigenvalue weighted by molar-refractivity contribution is -0.117. The Hall–Kier alpha value is -2.54. The van der Waals surface area contributed by atoms with Crippen LogP contribution in [0.25, 0.3) is 0 Å². The Labute approximate surface area is 159 Å². The molecule has 0 spiro atoms. The van der Waals surface area contributed by atoms with Gasteiger partial charge in [-0.15, -0.1) is 0 Å². The van der Waals surface area contributed by atoms with Crippen LogP contribution in [0.3, 0.4) is 0 Å². The van der Waals surface area contributed by atoms with Gasteiger partial charge in [-0.2, -0.15) is 0 Å². The first-order chi connectivity index (χ1) is 12.9. The van der Waals surface area contributed by atoms with Gasteiger partial charge in [-0.25, -0.2) is 8.42 Å². The van der Waals surface area contributed by atoms with Crippen molar-refractivity contribution >= 4 is 27.3 Å². The maximum atomic E-state index is 13.4. The summed E-state index contributed by atoms with van der Waals surface area (Å²) < 4.78 is 34.0. The molecule has 1 unspecified atom stereocenters. The SMILES string of the molecule is CC(=O)N1CC(C)Oc2ccc(S(=O)(=O)N3CCCc4ccccc43)cc21. The van der Waals surface area contributed by atoms with E-state index < -0.39 is 10.0 Å². The first kappa shape index (κ1) is 17.9. The van der Waals surface area contributed by atoms with E-state index >= 15 is 0 Å². The number of fused-ring (bicyclic) bond motifs is 2. The number of benzene rings is 2. The fourth-order valence-corrected chi connectivity index (χ4v) is 5.31. The van der Waals surface area contributed by atoms with Crippen LogP contribution in [0.5, 0.6) is 5.75 Å². The lowest BCUT2D eigenvalue weighted by atomic mass is 10.0. The Morgan fingerprint density at radius 2 is 1.93 bits per heavy atom. The third-order valence-electron chi connectivity index (χ3n) is 5.02. The molecule has 27 heavy (non-hydrogen) atoms. The topological polar surface area (TPSA) is 66.9 Å². The van der Waals surface area contributed by atoms with Gasteiger partial charge in [-0.3, -0.25) is 9.10 Å². The van der Waals surface area contributed by atoms with E-state index in [-0.39, 0.29) is 16.9 Å². The van der Waals surface area contributed by atoms with Crippen molar-refractivity contribution in [3.63, 3.8) is 0 Å². The Morgan fingerprint density at radius 1 is 1.15 bits per heavy atom. The van der Waals surface area contributed by atoms with E-state index in [9.17, 15) is 13.2 Å². The van der Waals surface area contributed by atoms with E-state index in [0.717, 1.165) is 24.1 Å². The van der Waals surface area contributed by atoms with Gasteiger partial charge in [0.2, 0.25) is 5.91 Å². The zero-order valence-corrected chi connectivity index (χ0v) is 16.2. The Balaban J connectivity index is 1.78. The summed E-state index contributed by atoms with van der Waals surface area (Å²) in [5.41, 5.74) is 2.27. The molecule has 2 heterocycles. The summed E-state index contributed by atoms with van der Waals surface area (Å²) in [6, 6.07) is 12.3. The molecule has 1 atom stereocenters. The quantitative estimate of drug-likeness (QED) is 0.796. The standard InChI is InChI=1S/C20H22N2O4S/c1-14-13-21(15(2)23)19-12-17(9-10-20(19)26-14)27(24,25)22-11-5-7-16-6-3-4-8-18(16)22/h3-4,6,8-10,12,14H,5,7,11,13H2,1-2H3. The van der Waals surface area contributed by atoms with Crippen molar-refractivity contribution in [2.24, 2.45) is 0 Å². The van der Waals surface area contributed by atoms with Crippen molar-refractivity contribution in [1.82, 2.24) is 0 Å². The number of para-hydroxylation sites is 1. The number of carbonyl (C=O) groups is 1. The van der Waals surface area contributed by atoms with E-state index in [4.69, 9.17) is 4.74 Å². The van der Waals surface area contributed by atoms with Gasteiger partial charge in [-0.05, 0) is 49.6 Å². The average Bonchev–Trinajstić information content (AvgIpc) is 2.66. The van der Waals surface area contributed by atoms with Gasteiger partial charge in [0.1, 0.15) is 11.9 Å². The van der Waals surface area contributed by atoms with Crippen LogP contribution < -0.4 is 13.9 Å². The van der Waals surface area contributed by atoms with Crippen LogP contribution >= 0.6 is 0 Å². The maximum absolute atomic E-state index is 13.4. The number of anilines is 2. The molecule has 0 aromatic heterocycles. The molecule has 2 aromatic rings. The molecule has 142 valence electrons. The lowest BCUT2D eigenvalue weighted by Crippen LogP contribution is -2.41. The molecular formula is C20H22N2O4S. The summed E-state index contributed by atoms with van der Waals surface area (Å²) >= 11 is 0. The number of carbonyl (C=O) groups excluding carboxylic acids is 1. The zero-order chi connectivity index (χ0) is 19.2. The van der Waals surface area contributed by atoms with E-state index in [0.29, 0.717) is 24.5 Å². The molecule has 1 amide bonds. The third-order valence-corrected chi connectivity index (χ3v) is 6.83. The number of hydrogen-bond acceptors (Lipinski definition) is 4. The van der Waals surface area contributed by atoms with Gasteiger partial charge in [0.25, 0.3) is 10.0 Å². The zero-order valence-electron chi connectivity index (χ0n) is 15.4. The molecule has 0 aliphatic carbocycles. The highest BCUT2D eigenvalue weighted by molar-refractivity contribution is 7.92. The summed E-state index contributed by atoms with van der Waals surface area (Å²) in [6.45, 7) is 4.21. The average molecular weight is 386 g/mol. The molecule has 2 aromatic carbocycles. The van der Waals surface area contributed by atoms with Crippen molar-refractivity contribution in [3.8, 4) is 5.75 Å². The third kappa shape index (κ3) is 3.06. The van der Waals surface area contributed by atoms with Crippen molar-refractivity contribution in [1.29, 1.82) is 0 Å². The minimum absolute atomic E-state index is 0.135. The van der Waals surface area contributed by atoms with Crippen LogP contribution in [-0.2, 0) is 21.2 Å². The van der Waals surface area contributed by atoms with Gasteiger partial charge >= 0.3 is 0 Å². The number of aryl methyl sites for hydroxylation is 1. The normalized spacial score (nSPS) is 19.1. The summed E-state index contributed by atoms with van der Waals surface area (Å²) in [5.74, 6) is 0.395. The van der Waals surface area contributed by atoms with Crippen LogP contribution in [0.1, 0.15) is 25.8 Å². The number of rotatable bonds is 2. The number of nitrogens with zero attached hydrogens (tertiary/aromatic N) is 2. The fraction of sp³-hybridized carbons (Fsp3) is 0.350. The fourth-order valence-electron chi connectivity index (χ4n) is 3.75. The molecule has 0 radical (unpaired) electrons. The monoisotopic (exact) mass is 386 g/mol. The van der Waals surface area contributed by atoms with Crippen LogP contribution in [0.4, 0.5) is 11.4 Å². The van der Waals surface area contributed by atoms with Gasteiger partial charge in [0, 0.05) is 13.5 Å². The summed E-state index contributed by atoms with van der Waals surface area (Å²) in [4.78, 5) is 13.8. The van der Waals surface area contributed by atoms with Crippen molar-refractivity contribution < 1.29 is 17.9 Å². The predicted molar refractivity (Wildman–Crippen MR) is 104 cm³/mol. The number of ether oxygens (including phenoxy) is 1. The lowest BCUT2D eigenvalue weighted by Gasteiger charge is -2.34. The molecule has 0 N–H and O–H groups in total. The summed E-state index contributed by atoms with van der Waals surface area (Å²) in [5, 5.41) is 0. The van der Waals surface area contributed by atoms with Gasteiger partial charge < -0.3 is 9.64 Å². The minimum Gasteiger partial charge on any atom is -0.487 e. The largest absolute Gasteiger partial charge is 0.487 e. The van der Waals surface area contributed by atoms with Gasteiger partial charge in [-0.1, -0.05) is 18.2 Å². The van der Waals surface area contributed by atoms with Gasteiger partial charge in [0.05, 0.1) is 22.8 Å². The van der Waals surface area contributed by atoms with Crippen molar-refractivity contribution in [3.05, 3.63) is 48.0 Å². The second-order valence-electron chi connectivity index (χ2n) is 7.00. The van der Waals surface area contributed by atoms with E-state index in [1.54, 1.807) is 23.1 Å². The number of amides is 1. The molecule has 2 aliphatic rings. The smallest absolute Gasteiger partial charge is 0.264 e. The van der Waals surface area contributed by atoms with E-state index in [1.807, 2.05) is 31.2 Å². The maximum Gasteiger partial charge on any atom is 0.264 e. The predicted octanol–water partition coefficient (Wildman–Crippen LogP) is 2.96. The molecule has 0 fully saturated rings. The van der Waals surface area contributed by atoms with Gasteiger partial charge in [0.15, 0.2) is 0 Å². The molecule has 0 saturated heterocycles. The Bertz CT molecular complexity index is 1000. The summed E-state index contributed by atoms with van der Waals surface area (Å²) in [7, 11) is -3.73. The first-order valence-electron chi connectivity index (χ1n) is 9.07. The van der Waals surface area contributed by atoms with E-state index in [2.05, 4.69) is 0 Å².